The number of nitrogens with zero attached hydrogens (tertiary/aromatic N) is 1. The highest BCUT2D eigenvalue weighted by atomic mass is 32.2. The van der Waals surface area contributed by atoms with Crippen molar-refractivity contribution >= 4 is 26.6 Å². The van der Waals surface area contributed by atoms with E-state index in [1.165, 1.54) is 19.2 Å². The van der Waals surface area contributed by atoms with Gasteiger partial charge in [-0.15, -0.1) is 0 Å². The molecule has 0 fully saturated rings. The summed E-state index contributed by atoms with van der Waals surface area (Å²) in [6.45, 7) is 2.01. The van der Waals surface area contributed by atoms with Gasteiger partial charge in [0.2, 0.25) is 10.0 Å². The van der Waals surface area contributed by atoms with E-state index >= 15 is 0 Å². The van der Waals surface area contributed by atoms with E-state index in [9.17, 15) is 17.2 Å². The van der Waals surface area contributed by atoms with Crippen LogP contribution in [-0.2, 0) is 10.0 Å². The smallest absolute Gasteiger partial charge is 0.211 e. The first-order valence-electron chi connectivity index (χ1n) is 6.38. The van der Waals surface area contributed by atoms with Crippen LogP contribution >= 0.6 is 0 Å². The number of pyridine rings is 1. The standard InChI is InChI=1S/C13H15F2N3O2S/c1-2-21(19,20)18-6-5-16-12-3-4-17-13-10(12)7-9(14)8-11(13)15/h3-4,7-8,18H,2,5-6H2,1H3,(H,16,17). The van der Waals surface area contributed by atoms with Crippen molar-refractivity contribution in [3.05, 3.63) is 36.0 Å². The number of rotatable bonds is 6. The minimum absolute atomic E-state index is 0.00160. The fourth-order valence-electron chi connectivity index (χ4n) is 1.84. The minimum Gasteiger partial charge on any atom is -0.383 e. The second-order valence-electron chi connectivity index (χ2n) is 4.37. The number of hydrogen-bond donors (Lipinski definition) is 2. The average Bonchev–Trinajstić information content (AvgIpc) is 2.44. The van der Waals surface area contributed by atoms with Crippen LogP contribution in [-0.4, -0.2) is 32.2 Å². The number of benzene rings is 1. The van der Waals surface area contributed by atoms with Crippen LogP contribution in [0.2, 0.25) is 0 Å². The van der Waals surface area contributed by atoms with Gasteiger partial charge in [0.25, 0.3) is 0 Å². The number of hydrogen-bond acceptors (Lipinski definition) is 4. The van der Waals surface area contributed by atoms with Crippen molar-refractivity contribution < 1.29 is 17.2 Å². The molecule has 21 heavy (non-hydrogen) atoms. The van der Waals surface area contributed by atoms with E-state index in [1.54, 1.807) is 6.07 Å². The second-order valence-corrected chi connectivity index (χ2v) is 6.46. The van der Waals surface area contributed by atoms with E-state index in [0.717, 1.165) is 6.07 Å². The molecule has 0 aliphatic heterocycles. The molecule has 0 bridgehead atoms. The summed E-state index contributed by atoms with van der Waals surface area (Å²) in [5.74, 6) is -1.43. The van der Waals surface area contributed by atoms with E-state index in [-0.39, 0.29) is 24.4 Å². The number of halogens is 2. The van der Waals surface area contributed by atoms with Gasteiger partial charge in [-0.25, -0.2) is 21.9 Å². The summed E-state index contributed by atoms with van der Waals surface area (Å²) in [6, 6.07) is 3.54. The molecule has 2 rings (SSSR count). The Balaban J connectivity index is 2.12. The Morgan fingerprint density at radius 1 is 1.24 bits per heavy atom. The minimum atomic E-state index is -3.25. The van der Waals surface area contributed by atoms with E-state index in [2.05, 4.69) is 15.0 Å². The summed E-state index contributed by atoms with van der Waals surface area (Å²) in [5.41, 5.74) is 0.560. The molecule has 0 atom stereocenters. The number of fused-ring (bicyclic) bond motifs is 1. The Morgan fingerprint density at radius 2 is 2.00 bits per heavy atom. The summed E-state index contributed by atoms with van der Waals surface area (Å²) in [6.07, 6.45) is 1.40. The highest BCUT2D eigenvalue weighted by Gasteiger charge is 2.09. The SMILES string of the molecule is CCS(=O)(=O)NCCNc1ccnc2c(F)cc(F)cc12. The number of nitrogens with one attached hydrogen (secondary N) is 2. The van der Waals surface area contributed by atoms with Crippen molar-refractivity contribution in [2.45, 2.75) is 6.92 Å². The van der Waals surface area contributed by atoms with Gasteiger partial charge in [-0.2, -0.15) is 0 Å². The molecule has 5 nitrogen and oxygen atoms in total. The molecule has 0 aliphatic rings. The zero-order valence-electron chi connectivity index (χ0n) is 11.4. The van der Waals surface area contributed by atoms with E-state index in [1.807, 2.05) is 0 Å². The summed E-state index contributed by atoms with van der Waals surface area (Å²) in [4.78, 5) is 3.87. The van der Waals surface area contributed by atoms with Gasteiger partial charge in [-0.3, -0.25) is 4.98 Å². The second kappa shape index (κ2) is 6.31. The molecule has 0 unspecified atom stereocenters. The van der Waals surface area contributed by atoms with Crippen LogP contribution in [0.1, 0.15) is 6.92 Å². The van der Waals surface area contributed by atoms with Gasteiger partial charge in [-0.05, 0) is 19.1 Å². The Morgan fingerprint density at radius 3 is 2.71 bits per heavy atom. The predicted molar refractivity (Wildman–Crippen MR) is 77.6 cm³/mol. The van der Waals surface area contributed by atoms with Crippen LogP contribution in [0.15, 0.2) is 24.4 Å². The molecular formula is C13H15F2N3O2S. The molecule has 0 spiro atoms. The lowest BCUT2D eigenvalue weighted by atomic mass is 10.1. The van der Waals surface area contributed by atoms with Crippen molar-refractivity contribution in [3.63, 3.8) is 0 Å². The zero-order chi connectivity index (χ0) is 15.5. The van der Waals surface area contributed by atoms with Gasteiger partial charge in [0.1, 0.15) is 11.3 Å². The van der Waals surface area contributed by atoms with Crippen LogP contribution in [0.4, 0.5) is 14.5 Å². The first-order valence-corrected chi connectivity index (χ1v) is 8.03. The van der Waals surface area contributed by atoms with Gasteiger partial charge >= 0.3 is 0 Å². The largest absolute Gasteiger partial charge is 0.383 e. The molecule has 8 heteroatoms. The average molecular weight is 315 g/mol. The normalized spacial score (nSPS) is 11.8. The maximum Gasteiger partial charge on any atom is 0.211 e. The molecular weight excluding hydrogens is 300 g/mol. The van der Waals surface area contributed by atoms with Gasteiger partial charge in [0, 0.05) is 36.4 Å². The molecule has 1 aromatic carbocycles. The maximum atomic E-state index is 13.6. The summed E-state index contributed by atoms with van der Waals surface area (Å²) in [7, 11) is -3.25. The van der Waals surface area contributed by atoms with Gasteiger partial charge < -0.3 is 5.32 Å². The summed E-state index contributed by atoms with van der Waals surface area (Å²) in [5, 5.41) is 3.25. The summed E-state index contributed by atoms with van der Waals surface area (Å²) >= 11 is 0. The van der Waals surface area contributed by atoms with Crippen LogP contribution in [0.5, 0.6) is 0 Å². The first-order chi connectivity index (χ1) is 9.93. The third kappa shape index (κ3) is 3.85. The van der Waals surface area contributed by atoms with Crippen LogP contribution < -0.4 is 10.0 Å². The molecule has 1 heterocycles. The van der Waals surface area contributed by atoms with Crippen molar-refractivity contribution in [1.29, 1.82) is 0 Å². The fourth-order valence-corrected chi connectivity index (χ4v) is 2.46. The molecule has 0 saturated heterocycles. The zero-order valence-corrected chi connectivity index (χ0v) is 12.2. The van der Waals surface area contributed by atoms with Crippen LogP contribution in [0.3, 0.4) is 0 Å². The Labute approximate surface area is 121 Å². The first kappa shape index (κ1) is 15.6. The monoisotopic (exact) mass is 315 g/mol. The highest BCUT2D eigenvalue weighted by molar-refractivity contribution is 7.89. The molecule has 2 aromatic rings. The molecule has 0 saturated carbocycles. The Kier molecular flexibility index (Phi) is 4.69. The Hall–Kier alpha value is -1.80. The maximum absolute atomic E-state index is 13.6. The molecule has 114 valence electrons. The molecule has 0 amide bonds. The predicted octanol–water partition coefficient (Wildman–Crippen LogP) is 1.86. The number of sulfonamides is 1. The van der Waals surface area contributed by atoms with Crippen LogP contribution in [0.25, 0.3) is 10.9 Å². The number of aromatic nitrogens is 1. The fraction of sp³-hybridized carbons (Fsp3) is 0.308. The third-order valence-corrected chi connectivity index (χ3v) is 4.31. The number of anilines is 1. The topological polar surface area (TPSA) is 71.1 Å². The van der Waals surface area contributed by atoms with Crippen molar-refractivity contribution in [1.82, 2.24) is 9.71 Å². The van der Waals surface area contributed by atoms with Gasteiger partial charge in [-0.1, -0.05) is 0 Å². The van der Waals surface area contributed by atoms with Crippen molar-refractivity contribution in [2.75, 3.05) is 24.2 Å². The van der Waals surface area contributed by atoms with E-state index in [4.69, 9.17) is 0 Å². The highest BCUT2D eigenvalue weighted by Crippen LogP contribution is 2.24. The van der Waals surface area contributed by atoms with Crippen molar-refractivity contribution in [2.24, 2.45) is 0 Å². The molecule has 0 aliphatic carbocycles. The quantitative estimate of drug-likeness (QED) is 0.798. The third-order valence-electron chi connectivity index (χ3n) is 2.91. The van der Waals surface area contributed by atoms with Crippen molar-refractivity contribution in [3.8, 4) is 0 Å². The van der Waals surface area contributed by atoms with Gasteiger partial charge in [0.15, 0.2) is 5.82 Å². The van der Waals surface area contributed by atoms with E-state index in [0.29, 0.717) is 11.1 Å². The lowest BCUT2D eigenvalue weighted by molar-refractivity contribution is 0.584. The van der Waals surface area contributed by atoms with E-state index < -0.39 is 21.7 Å². The Bertz CT molecular complexity index is 750. The van der Waals surface area contributed by atoms with Gasteiger partial charge in [0.05, 0.1) is 5.75 Å². The van der Waals surface area contributed by atoms with Crippen LogP contribution in [0, 0.1) is 11.6 Å². The summed E-state index contributed by atoms with van der Waals surface area (Å²) < 4.78 is 51.8. The molecule has 1 aromatic heterocycles. The molecule has 2 N–H and O–H groups in total. The lowest BCUT2D eigenvalue weighted by Gasteiger charge is -2.10. The molecule has 0 radical (unpaired) electrons. The lowest BCUT2D eigenvalue weighted by Crippen LogP contribution is -2.30.